The maximum absolute atomic E-state index is 11.7. The lowest BCUT2D eigenvalue weighted by Crippen LogP contribution is -2.18. The second kappa shape index (κ2) is 2.92. The van der Waals surface area contributed by atoms with Gasteiger partial charge in [-0.1, -0.05) is 0 Å². The second-order valence-corrected chi connectivity index (χ2v) is 2.29. The van der Waals surface area contributed by atoms with E-state index in [1.807, 2.05) is 0 Å². The van der Waals surface area contributed by atoms with Crippen LogP contribution in [0.1, 0.15) is 6.42 Å². The van der Waals surface area contributed by atoms with Gasteiger partial charge in [-0.05, 0) is 13.0 Å². The molecule has 0 aliphatic carbocycles. The molecule has 0 saturated carbocycles. The first kappa shape index (κ1) is 6.68. The number of hydrogen-bond donors (Lipinski definition) is 1. The Kier molecular flexibility index (Phi) is 2.16. The molecule has 2 nitrogen and oxygen atoms in total. The van der Waals surface area contributed by atoms with Gasteiger partial charge in [0.05, 0.1) is 0 Å². The zero-order chi connectivity index (χ0) is 6.69. The van der Waals surface area contributed by atoms with Crippen LogP contribution in [0.5, 0.6) is 0 Å². The number of carbonyl (C=O) groups is 1. The van der Waals surface area contributed by atoms with Crippen LogP contribution in [0.2, 0.25) is 0 Å². The third kappa shape index (κ3) is 1.48. The Balaban J connectivity index is 2.32. The molecule has 9 heavy (non-hydrogen) atoms. The fourth-order valence-corrected chi connectivity index (χ4v) is 1.04. The molecule has 1 heterocycles. The summed E-state index contributed by atoms with van der Waals surface area (Å²) in [6, 6.07) is 0. The van der Waals surface area contributed by atoms with Gasteiger partial charge in [-0.3, -0.25) is 4.79 Å². The maximum atomic E-state index is 11.7. The molecule has 1 N–H and O–H groups in total. The lowest BCUT2D eigenvalue weighted by molar-refractivity contribution is -0.123. The van der Waals surface area contributed by atoms with Crippen molar-refractivity contribution in [3.8, 4) is 0 Å². The molecule has 1 saturated heterocycles. The highest BCUT2D eigenvalue weighted by atomic mass is 19.1. The molecule has 0 aromatic rings. The molecule has 1 atom stereocenters. The Bertz CT molecular complexity index is 110. The Morgan fingerprint density at radius 2 is 2.56 bits per heavy atom. The number of hydrogen-bond acceptors (Lipinski definition) is 2. The normalized spacial score (nSPS) is 26.6. The van der Waals surface area contributed by atoms with Crippen molar-refractivity contribution in [2.45, 2.75) is 6.42 Å². The molecule has 1 unspecified atom stereocenters. The number of ketones is 1. The number of carbonyl (C=O) groups excluding carboxylic acids is 1. The monoisotopic (exact) mass is 131 g/mol. The topological polar surface area (TPSA) is 29.1 Å². The zero-order valence-electron chi connectivity index (χ0n) is 5.19. The van der Waals surface area contributed by atoms with Crippen LogP contribution in [-0.4, -0.2) is 25.5 Å². The van der Waals surface area contributed by atoms with E-state index in [0.29, 0.717) is 6.54 Å². The highest BCUT2D eigenvalue weighted by molar-refractivity contribution is 5.82. The Labute approximate surface area is 53.4 Å². The molecule has 0 spiro atoms. The van der Waals surface area contributed by atoms with Gasteiger partial charge >= 0.3 is 0 Å². The van der Waals surface area contributed by atoms with E-state index in [4.69, 9.17) is 0 Å². The van der Waals surface area contributed by atoms with Crippen molar-refractivity contribution in [3.05, 3.63) is 0 Å². The Morgan fingerprint density at radius 1 is 1.78 bits per heavy atom. The van der Waals surface area contributed by atoms with Gasteiger partial charge in [0.1, 0.15) is 6.67 Å². The van der Waals surface area contributed by atoms with Gasteiger partial charge in [0, 0.05) is 12.5 Å². The average molecular weight is 131 g/mol. The van der Waals surface area contributed by atoms with E-state index in [-0.39, 0.29) is 11.7 Å². The third-order valence-electron chi connectivity index (χ3n) is 1.65. The number of halogens is 1. The second-order valence-electron chi connectivity index (χ2n) is 2.29. The molecule has 1 aliphatic rings. The van der Waals surface area contributed by atoms with Gasteiger partial charge in [0.25, 0.3) is 0 Å². The Morgan fingerprint density at radius 3 is 3.00 bits per heavy atom. The smallest absolute Gasteiger partial charge is 0.168 e. The molecule has 0 aromatic heterocycles. The van der Waals surface area contributed by atoms with E-state index < -0.39 is 6.67 Å². The van der Waals surface area contributed by atoms with E-state index in [9.17, 15) is 9.18 Å². The van der Waals surface area contributed by atoms with Crippen molar-refractivity contribution in [1.82, 2.24) is 5.32 Å². The summed E-state index contributed by atoms with van der Waals surface area (Å²) < 4.78 is 11.7. The summed E-state index contributed by atoms with van der Waals surface area (Å²) in [5.74, 6) is -0.296. The van der Waals surface area contributed by atoms with Crippen LogP contribution in [0.4, 0.5) is 4.39 Å². The molecule has 0 bridgehead atoms. The average Bonchev–Trinajstić information content (AvgIpc) is 2.37. The van der Waals surface area contributed by atoms with Gasteiger partial charge in [0.15, 0.2) is 5.78 Å². The summed E-state index contributed by atoms with van der Waals surface area (Å²) in [6.07, 6.45) is 0.808. The van der Waals surface area contributed by atoms with Crippen LogP contribution < -0.4 is 5.32 Å². The van der Waals surface area contributed by atoms with E-state index in [2.05, 4.69) is 5.32 Å². The Hall–Kier alpha value is -0.440. The molecular formula is C6H10FNO. The lowest BCUT2D eigenvalue weighted by atomic mass is 10.1. The van der Waals surface area contributed by atoms with Gasteiger partial charge < -0.3 is 5.32 Å². The summed E-state index contributed by atoms with van der Waals surface area (Å²) in [4.78, 5) is 10.6. The molecule has 52 valence electrons. The zero-order valence-corrected chi connectivity index (χ0v) is 5.19. The molecule has 1 fully saturated rings. The van der Waals surface area contributed by atoms with Crippen LogP contribution in [0.3, 0.4) is 0 Å². The number of nitrogens with one attached hydrogen (secondary N) is 1. The SMILES string of the molecule is O=C(CF)C1CCNC1. The predicted molar refractivity (Wildman–Crippen MR) is 32.0 cm³/mol. The van der Waals surface area contributed by atoms with E-state index >= 15 is 0 Å². The number of rotatable bonds is 2. The molecule has 3 heteroatoms. The summed E-state index contributed by atoms with van der Waals surface area (Å²) in [6.45, 7) is 0.728. The molecule has 1 rings (SSSR count). The number of alkyl halides is 1. The number of Topliss-reactive ketones (excluding diaryl/α,β-unsaturated/α-hetero) is 1. The van der Waals surface area contributed by atoms with Crippen LogP contribution in [0.15, 0.2) is 0 Å². The third-order valence-corrected chi connectivity index (χ3v) is 1.65. The summed E-state index contributed by atoms with van der Waals surface area (Å²) in [7, 11) is 0. The standard InChI is InChI=1S/C6H10FNO/c7-3-6(9)5-1-2-8-4-5/h5,8H,1-4H2. The van der Waals surface area contributed by atoms with Crippen LogP contribution in [0.25, 0.3) is 0 Å². The predicted octanol–water partition coefficient (Wildman–Crippen LogP) is 0.135. The molecule has 0 radical (unpaired) electrons. The van der Waals surface area contributed by atoms with E-state index in [1.165, 1.54) is 0 Å². The quantitative estimate of drug-likeness (QED) is 0.577. The van der Waals surface area contributed by atoms with Gasteiger partial charge in [-0.25, -0.2) is 4.39 Å². The largest absolute Gasteiger partial charge is 0.316 e. The van der Waals surface area contributed by atoms with Crippen LogP contribution in [0, 0.1) is 5.92 Å². The van der Waals surface area contributed by atoms with Crippen LogP contribution in [-0.2, 0) is 4.79 Å². The molecular weight excluding hydrogens is 121 g/mol. The van der Waals surface area contributed by atoms with Crippen LogP contribution >= 0.6 is 0 Å². The minimum atomic E-state index is -0.799. The minimum Gasteiger partial charge on any atom is -0.316 e. The van der Waals surface area contributed by atoms with Gasteiger partial charge in [0.2, 0.25) is 0 Å². The molecule has 0 amide bonds. The van der Waals surface area contributed by atoms with Crippen molar-refractivity contribution < 1.29 is 9.18 Å². The summed E-state index contributed by atoms with van der Waals surface area (Å²) >= 11 is 0. The lowest BCUT2D eigenvalue weighted by Gasteiger charge is -2.00. The highest BCUT2D eigenvalue weighted by Crippen LogP contribution is 2.08. The first-order chi connectivity index (χ1) is 4.34. The summed E-state index contributed by atoms with van der Waals surface area (Å²) in [5, 5.41) is 3.00. The minimum absolute atomic E-state index is 0.0463. The van der Waals surface area contributed by atoms with Gasteiger partial charge in [-0.2, -0.15) is 0 Å². The van der Waals surface area contributed by atoms with E-state index in [0.717, 1.165) is 13.0 Å². The van der Waals surface area contributed by atoms with Crippen molar-refractivity contribution in [2.24, 2.45) is 5.92 Å². The first-order valence-corrected chi connectivity index (χ1v) is 3.14. The van der Waals surface area contributed by atoms with E-state index in [1.54, 1.807) is 0 Å². The fraction of sp³-hybridized carbons (Fsp3) is 0.833. The summed E-state index contributed by atoms with van der Waals surface area (Å²) in [5.41, 5.74) is 0. The van der Waals surface area contributed by atoms with Crippen molar-refractivity contribution in [1.29, 1.82) is 0 Å². The van der Waals surface area contributed by atoms with Gasteiger partial charge in [-0.15, -0.1) is 0 Å². The van der Waals surface area contributed by atoms with Crippen molar-refractivity contribution >= 4 is 5.78 Å². The van der Waals surface area contributed by atoms with Crippen molar-refractivity contribution in [3.63, 3.8) is 0 Å². The fourth-order valence-electron chi connectivity index (χ4n) is 1.04. The molecule has 1 aliphatic heterocycles. The first-order valence-electron chi connectivity index (χ1n) is 3.14. The molecule has 0 aromatic carbocycles. The highest BCUT2D eigenvalue weighted by Gasteiger charge is 2.21. The maximum Gasteiger partial charge on any atom is 0.168 e. The van der Waals surface area contributed by atoms with Crippen molar-refractivity contribution in [2.75, 3.05) is 19.8 Å².